The number of aromatic nitrogens is 1. The molecule has 2 aromatic carbocycles. The molecule has 0 aliphatic carbocycles. The van der Waals surface area contributed by atoms with Crippen molar-refractivity contribution in [3.05, 3.63) is 70.4 Å². The van der Waals surface area contributed by atoms with Gasteiger partial charge in [-0.15, -0.1) is 0 Å². The number of hydrogen-bond donors (Lipinski definition) is 1. The predicted molar refractivity (Wildman–Crippen MR) is 98.5 cm³/mol. The number of rotatable bonds is 3. The van der Waals surface area contributed by atoms with Crippen LogP contribution in [0.15, 0.2) is 53.8 Å². The summed E-state index contributed by atoms with van der Waals surface area (Å²) in [5.74, 6) is 0. The Kier molecular flexibility index (Phi) is 4.30. The first kappa shape index (κ1) is 15.5. The van der Waals surface area contributed by atoms with E-state index in [9.17, 15) is 0 Å². The van der Waals surface area contributed by atoms with Crippen LogP contribution in [-0.4, -0.2) is 10.7 Å². The molecule has 1 aromatic heterocycles. The van der Waals surface area contributed by atoms with Crippen LogP contribution in [-0.2, 0) is 0 Å². The van der Waals surface area contributed by atoms with Gasteiger partial charge in [-0.1, -0.05) is 23.7 Å². The predicted octanol–water partition coefficient (Wildman–Crippen LogP) is 5.34. The van der Waals surface area contributed by atoms with Crippen molar-refractivity contribution in [2.75, 3.05) is 5.43 Å². The Balaban J connectivity index is 1.91. The van der Waals surface area contributed by atoms with Crippen molar-refractivity contribution in [1.82, 2.24) is 4.98 Å². The highest BCUT2D eigenvalue weighted by Gasteiger charge is 2.03. The highest BCUT2D eigenvalue weighted by atomic mass is 35.5. The Morgan fingerprint density at radius 2 is 1.87 bits per heavy atom. The maximum absolute atomic E-state index is 6.02. The zero-order chi connectivity index (χ0) is 16.4. The summed E-state index contributed by atoms with van der Waals surface area (Å²) in [5, 5.41) is 6.19. The fourth-order valence-corrected chi connectivity index (χ4v) is 2.56. The van der Waals surface area contributed by atoms with E-state index in [1.165, 1.54) is 11.1 Å². The molecular weight excluding hydrogens is 306 g/mol. The molecule has 0 radical (unpaired) electrons. The number of halogens is 1. The number of anilines is 1. The number of benzene rings is 2. The fourth-order valence-electron chi connectivity index (χ4n) is 2.39. The number of aryl methyl sites for hydroxylation is 2. The zero-order valence-electron chi connectivity index (χ0n) is 13.4. The minimum Gasteiger partial charge on any atom is -0.277 e. The van der Waals surface area contributed by atoms with Crippen LogP contribution >= 0.6 is 11.6 Å². The monoisotopic (exact) mass is 323 g/mol. The quantitative estimate of drug-likeness (QED) is 0.521. The molecule has 0 atom stereocenters. The molecule has 3 rings (SSSR count). The molecule has 3 nitrogen and oxygen atoms in total. The van der Waals surface area contributed by atoms with Crippen LogP contribution in [0.5, 0.6) is 0 Å². The van der Waals surface area contributed by atoms with Crippen molar-refractivity contribution in [2.45, 2.75) is 20.8 Å². The lowest BCUT2D eigenvalue weighted by molar-refractivity contribution is 1.29. The maximum atomic E-state index is 6.02. The first-order chi connectivity index (χ1) is 11.0. The first-order valence-electron chi connectivity index (χ1n) is 7.47. The molecule has 0 amide bonds. The van der Waals surface area contributed by atoms with Crippen LogP contribution < -0.4 is 5.43 Å². The van der Waals surface area contributed by atoms with Gasteiger partial charge < -0.3 is 0 Å². The van der Waals surface area contributed by atoms with E-state index in [1.807, 2.05) is 31.2 Å². The number of hydrogen-bond acceptors (Lipinski definition) is 3. The summed E-state index contributed by atoms with van der Waals surface area (Å²) < 4.78 is 0. The minimum atomic E-state index is 0.678. The SMILES string of the molecule is C/C(=N\Nc1ccnc2cc(Cl)ccc12)c1ccc(C)c(C)c1. The lowest BCUT2D eigenvalue weighted by atomic mass is 10.0. The second kappa shape index (κ2) is 6.39. The van der Waals surface area contributed by atoms with Gasteiger partial charge in [-0.05, 0) is 67.8 Å². The third-order valence-corrected chi connectivity index (χ3v) is 4.21. The third-order valence-electron chi connectivity index (χ3n) is 3.97. The van der Waals surface area contributed by atoms with Gasteiger partial charge in [-0.2, -0.15) is 5.10 Å². The molecule has 0 bridgehead atoms. The van der Waals surface area contributed by atoms with Gasteiger partial charge in [0.2, 0.25) is 0 Å². The topological polar surface area (TPSA) is 37.3 Å². The summed E-state index contributed by atoms with van der Waals surface area (Å²) in [6.45, 7) is 6.22. The highest BCUT2D eigenvalue weighted by Crippen LogP contribution is 2.24. The van der Waals surface area contributed by atoms with Crippen LogP contribution in [0, 0.1) is 13.8 Å². The summed E-state index contributed by atoms with van der Waals surface area (Å²) in [6, 6.07) is 13.9. The number of pyridine rings is 1. The Labute approximate surface area is 141 Å². The van der Waals surface area contributed by atoms with Crippen LogP contribution in [0.1, 0.15) is 23.6 Å². The van der Waals surface area contributed by atoms with Gasteiger partial charge >= 0.3 is 0 Å². The minimum absolute atomic E-state index is 0.678. The van der Waals surface area contributed by atoms with Crippen molar-refractivity contribution < 1.29 is 0 Å². The molecule has 0 spiro atoms. The molecular formula is C19H18ClN3. The van der Waals surface area contributed by atoms with Gasteiger partial charge in [-0.3, -0.25) is 10.4 Å². The molecule has 4 heteroatoms. The van der Waals surface area contributed by atoms with E-state index in [1.54, 1.807) is 6.20 Å². The summed E-state index contributed by atoms with van der Waals surface area (Å²) in [4.78, 5) is 4.34. The molecule has 0 aliphatic heterocycles. The number of nitrogens with one attached hydrogen (secondary N) is 1. The van der Waals surface area contributed by atoms with Gasteiger partial charge in [-0.25, -0.2) is 0 Å². The Bertz CT molecular complexity index is 900. The zero-order valence-corrected chi connectivity index (χ0v) is 14.1. The molecule has 0 unspecified atom stereocenters. The van der Waals surface area contributed by atoms with E-state index < -0.39 is 0 Å². The summed E-state index contributed by atoms with van der Waals surface area (Å²) >= 11 is 6.02. The van der Waals surface area contributed by atoms with E-state index in [0.29, 0.717) is 5.02 Å². The molecule has 116 valence electrons. The van der Waals surface area contributed by atoms with E-state index in [0.717, 1.165) is 27.9 Å². The van der Waals surface area contributed by atoms with Crippen molar-refractivity contribution in [1.29, 1.82) is 0 Å². The molecule has 0 saturated heterocycles. The van der Waals surface area contributed by atoms with Crippen molar-refractivity contribution in [3.63, 3.8) is 0 Å². The first-order valence-corrected chi connectivity index (χ1v) is 7.84. The lowest BCUT2D eigenvalue weighted by Crippen LogP contribution is -2.01. The largest absolute Gasteiger partial charge is 0.277 e. The van der Waals surface area contributed by atoms with Crippen molar-refractivity contribution in [3.8, 4) is 0 Å². The number of fused-ring (bicyclic) bond motifs is 1. The van der Waals surface area contributed by atoms with E-state index in [-0.39, 0.29) is 0 Å². The van der Waals surface area contributed by atoms with E-state index in [2.05, 4.69) is 47.6 Å². The van der Waals surface area contributed by atoms with Crippen LogP contribution in [0.3, 0.4) is 0 Å². The van der Waals surface area contributed by atoms with Gasteiger partial charge in [0.1, 0.15) is 0 Å². The van der Waals surface area contributed by atoms with E-state index >= 15 is 0 Å². The smallest absolute Gasteiger partial charge is 0.0738 e. The number of nitrogens with zero attached hydrogens (tertiary/aromatic N) is 2. The molecule has 1 N–H and O–H groups in total. The molecule has 1 heterocycles. The third kappa shape index (κ3) is 3.35. The Morgan fingerprint density at radius 1 is 1.04 bits per heavy atom. The van der Waals surface area contributed by atoms with Crippen LogP contribution in [0.4, 0.5) is 5.69 Å². The second-order valence-corrected chi connectivity index (χ2v) is 6.06. The van der Waals surface area contributed by atoms with Crippen molar-refractivity contribution >= 4 is 33.9 Å². The van der Waals surface area contributed by atoms with Crippen molar-refractivity contribution in [2.24, 2.45) is 5.10 Å². The molecule has 0 saturated carbocycles. The summed E-state index contributed by atoms with van der Waals surface area (Å²) in [6.07, 6.45) is 1.75. The molecule has 3 aromatic rings. The standard InChI is InChI=1S/C19H18ClN3/c1-12-4-5-15(10-13(12)2)14(3)22-23-18-8-9-21-19-11-16(20)6-7-17(18)19/h4-11H,1-3H3,(H,21,23)/b22-14+. The Hall–Kier alpha value is -2.39. The highest BCUT2D eigenvalue weighted by molar-refractivity contribution is 6.31. The van der Waals surface area contributed by atoms with Gasteiger partial charge in [0.05, 0.1) is 16.9 Å². The Morgan fingerprint density at radius 3 is 2.65 bits per heavy atom. The second-order valence-electron chi connectivity index (χ2n) is 5.63. The average Bonchev–Trinajstić information content (AvgIpc) is 2.54. The van der Waals surface area contributed by atoms with Gasteiger partial charge in [0.25, 0.3) is 0 Å². The molecule has 0 aliphatic rings. The lowest BCUT2D eigenvalue weighted by Gasteiger charge is -2.08. The molecule has 0 fully saturated rings. The summed E-state index contributed by atoms with van der Waals surface area (Å²) in [5.41, 5.74) is 9.50. The van der Waals surface area contributed by atoms with Gasteiger partial charge in [0.15, 0.2) is 0 Å². The average molecular weight is 324 g/mol. The van der Waals surface area contributed by atoms with Crippen LogP contribution in [0.25, 0.3) is 10.9 Å². The normalized spacial score (nSPS) is 11.7. The van der Waals surface area contributed by atoms with E-state index in [4.69, 9.17) is 11.6 Å². The fraction of sp³-hybridized carbons (Fsp3) is 0.158. The maximum Gasteiger partial charge on any atom is 0.0738 e. The van der Waals surface area contributed by atoms with Crippen LogP contribution in [0.2, 0.25) is 5.02 Å². The number of hydrazone groups is 1. The summed E-state index contributed by atoms with van der Waals surface area (Å²) in [7, 11) is 0. The van der Waals surface area contributed by atoms with Gasteiger partial charge in [0, 0.05) is 16.6 Å². The molecule has 23 heavy (non-hydrogen) atoms.